The van der Waals surface area contributed by atoms with Crippen LogP contribution in [-0.4, -0.2) is 40.5 Å². The number of nitriles is 1. The number of halogens is 1. The van der Waals surface area contributed by atoms with Crippen LogP contribution in [0.25, 0.3) is 0 Å². The van der Waals surface area contributed by atoms with E-state index in [-0.39, 0.29) is 17.8 Å². The highest BCUT2D eigenvalue weighted by Gasteiger charge is 2.22. The number of nitrogens with zero attached hydrogens (tertiary/aromatic N) is 5. The Morgan fingerprint density at radius 2 is 1.94 bits per heavy atom. The number of aromatic nitrogens is 3. The van der Waals surface area contributed by atoms with Gasteiger partial charge >= 0.3 is 0 Å². The van der Waals surface area contributed by atoms with E-state index >= 15 is 0 Å². The van der Waals surface area contributed by atoms with Gasteiger partial charge in [0.1, 0.15) is 29.3 Å². The Hall–Kier alpha value is -4.26. The lowest BCUT2D eigenvalue weighted by Gasteiger charge is -2.32. The first-order chi connectivity index (χ1) is 16.9. The topological polar surface area (TPSA) is 133 Å². The molecule has 9 nitrogen and oxygen atoms in total. The van der Waals surface area contributed by atoms with Crippen LogP contribution in [0.2, 0.25) is 0 Å². The first kappa shape index (κ1) is 23.9. The molecule has 4 rings (SSSR count). The van der Waals surface area contributed by atoms with E-state index in [1.807, 2.05) is 13.0 Å². The van der Waals surface area contributed by atoms with E-state index in [9.17, 15) is 14.4 Å². The Morgan fingerprint density at radius 1 is 1.20 bits per heavy atom. The molecule has 1 atom stereocenters. The number of piperidine rings is 1. The van der Waals surface area contributed by atoms with Crippen LogP contribution in [-0.2, 0) is 0 Å². The van der Waals surface area contributed by atoms with Gasteiger partial charge in [-0.15, -0.1) is 0 Å². The SMILES string of the molecule is C[C@H](NC(=O)c1cc(C#N)cnc1NCC1CCN(c2cnc(N)cn2)CC1)c1ccc(F)cc1. The second-order valence-corrected chi connectivity index (χ2v) is 8.59. The fraction of sp³-hybridized carbons (Fsp3) is 0.320. The highest BCUT2D eigenvalue weighted by molar-refractivity contribution is 5.99. The van der Waals surface area contributed by atoms with Crippen molar-refractivity contribution in [2.75, 3.05) is 35.6 Å². The minimum Gasteiger partial charge on any atom is -0.382 e. The predicted molar refractivity (Wildman–Crippen MR) is 131 cm³/mol. The summed E-state index contributed by atoms with van der Waals surface area (Å²) in [5.74, 6) is 1.34. The second-order valence-electron chi connectivity index (χ2n) is 8.59. The number of amides is 1. The number of nitrogens with two attached hydrogens (primary N) is 1. The average Bonchev–Trinajstić information content (AvgIpc) is 2.88. The zero-order valence-corrected chi connectivity index (χ0v) is 19.4. The van der Waals surface area contributed by atoms with Crippen molar-refractivity contribution in [1.82, 2.24) is 20.3 Å². The van der Waals surface area contributed by atoms with Crippen LogP contribution in [0.3, 0.4) is 0 Å². The number of carbonyl (C=O) groups excluding carboxylic acids is 1. The third-order valence-corrected chi connectivity index (χ3v) is 6.13. The summed E-state index contributed by atoms with van der Waals surface area (Å²) in [6, 6.07) is 9.19. The van der Waals surface area contributed by atoms with Crippen LogP contribution in [0.5, 0.6) is 0 Å². The van der Waals surface area contributed by atoms with Gasteiger partial charge in [0.05, 0.1) is 29.6 Å². The van der Waals surface area contributed by atoms with Crippen molar-refractivity contribution in [3.05, 3.63) is 71.4 Å². The van der Waals surface area contributed by atoms with Crippen LogP contribution >= 0.6 is 0 Å². The summed E-state index contributed by atoms with van der Waals surface area (Å²) in [5.41, 5.74) is 6.99. The van der Waals surface area contributed by atoms with Crippen molar-refractivity contribution < 1.29 is 9.18 Å². The molecule has 1 saturated heterocycles. The normalized spacial score (nSPS) is 14.7. The largest absolute Gasteiger partial charge is 0.382 e. The minimum absolute atomic E-state index is 0.299. The van der Waals surface area contributed by atoms with Crippen molar-refractivity contribution in [1.29, 1.82) is 5.26 Å². The molecule has 3 heterocycles. The van der Waals surface area contributed by atoms with Gasteiger partial charge in [0.15, 0.2) is 0 Å². The van der Waals surface area contributed by atoms with Crippen molar-refractivity contribution in [3.63, 3.8) is 0 Å². The van der Waals surface area contributed by atoms with Crippen molar-refractivity contribution >= 4 is 23.4 Å². The number of hydrogen-bond donors (Lipinski definition) is 3. The Kier molecular flexibility index (Phi) is 7.35. The predicted octanol–water partition coefficient (Wildman–Crippen LogP) is 3.28. The lowest BCUT2D eigenvalue weighted by Crippen LogP contribution is -2.36. The minimum atomic E-state index is -0.356. The molecule has 35 heavy (non-hydrogen) atoms. The fourth-order valence-corrected chi connectivity index (χ4v) is 4.05. The summed E-state index contributed by atoms with van der Waals surface area (Å²) < 4.78 is 13.2. The van der Waals surface area contributed by atoms with Gasteiger partial charge in [0, 0.05) is 25.8 Å². The average molecular weight is 475 g/mol. The van der Waals surface area contributed by atoms with Gasteiger partial charge in [-0.2, -0.15) is 5.26 Å². The molecule has 4 N–H and O–H groups in total. The molecule has 10 heteroatoms. The van der Waals surface area contributed by atoms with E-state index in [0.717, 1.165) is 37.3 Å². The number of nitrogen functional groups attached to an aromatic ring is 1. The molecular formula is C25H27FN8O. The zero-order valence-electron chi connectivity index (χ0n) is 19.4. The summed E-state index contributed by atoms with van der Waals surface area (Å²) >= 11 is 0. The Balaban J connectivity index is 1.38. The summed E-state index contributed by atoms with van der Waals surface area (Å²) in [4.78, 5) is 28.0. The van der Waals surface area contributed by atoms with Crippen LogP contribution in [0.4, 0.5) is 21.8 Å². The lowest BCUT2D eigenvalue weighted by atomic mass is 9.96. The number of pyridine rings is 1. The van der Waals surface area contributed by atoms with E-state index in [1.165, 1.54) is 24.4 Å². The summed E-state index contributed by atoms with van der Waals surface area (Å²) in [7, 11) is 0. The van der Waals surface area contributed by atoms with Crippen molar-refractivity contribution in [2.45, 2.75) is 25.8 Å². The molecule has 3 aromatic rings. The van der Waals surface area contributed by atoms with Crippen molar-refractivity contribution in [3.8, 4) is 6.07 Å². The molecule has 1 aromatic carbocycles. The number of rotatable bonds is 7. The van der Waals surface area contributed by atoms with E-state index in [0.29, 0.717) is 35.2 Å². The fourth-order valence-electron chi connectivity index (χ4n) is 4.05. The van der Waals surface area contributed by atoms with Gasteiger partial charge in [-0.25, -0.2) is 19.3 Å². The van der Waals surface area contributed by atoms with E-state index in [2.05, 4.69) is 30.5 Å². The molecule has 0 unspecified atom stereocenters. The molecule has 1 fully saturated rings. The number of nitrogens with one attached hydrogen (secondary N) is 2. The third-order valence-electron chi connectivity index (χ3n) is 6.13. The van der Waals surface area contributed by atoms with Gasteiger partial charge in [-0.05, 0) is 49.4 Å². The molecule has 1 aliphatic rings. The molecule has 0 bridgehead atoms. The molecule has 2 aromatic heterocycles. The van der Waals surface area contributed by atoms with Gasteiger partial charge in [0.25, 0.3) is 5.91 Å². The maximum atomic E-state index is 13.2. The first-order valence-corrected chi connectivity index (χ1v) is 11.5. The van der Waals surface area contributed by atoms with Crippen molar-refractivity contribution in [2.24, 2.45) is 5.92 Å². The molecule has 0 aliphatic carbocycles. The molecule has 0 radical (unpaired) electrons. The Bertz CT molecular complexity index is 1200. The monoisotopic (exact) mass is 474 g/mol. The van der Waals surface area contributed by atoms with Gasteiger partial charge in [-0.3, -0.25) is 4.79 Å². The standard InChI is InChI=1S/C25H27FN8O/c1-16(19-2-4-20(26)5-3-19)33-25(35)21-10-18(11-27)13-32-24(21)31-12-17-6-8-34(9-7-17)23-15-29-22(28)14-30-23/h2-5,10,13-17H,6-9,12H2,1H3,(H2,28,29)(H,31,32)(H,33,35)/t16-/m0/s1. The third kappa shape index (κ3) is 6.00. The maximum Gasteiger partial charge on any atom is 0.255 e. The zero-order chi connectivity index (χ0) is 24.8. The molecule has 0 spiro atoms. The molecule has 1 aliphatic heterocycles. The molecule has 1 amide bonds. The number of anilines is 3. The Labute approximate surface area is 203 Å². The van der Waals surface area contributed by atoms with Crippen LogP contribution in [0.1, 0.15) is 47.3 Å². The first-order valence-electron chi connectivity index (χ1n) is 11.5. The highest BCUT2D eigenvalue weighted by atomic mass is 19.1. The van der Waals surface area contributed by atoms with Crippen LogP contribution < -0.4 is 21.3 Å². The molecule has 0 saturated carbocycles. The smallest absolute Gasteiger partial charge is 0.255 e. The highest BCUT2D eigenvalue weighted by Crippen LogP contribution is 2.23. The van der Waals surface area contributed by atoms with E-state index < -0.39 is 0 Å². The van der Waals surface area contributed by atoms with Crippen LogP contribution in [0, 0.1) is 23.1 Å². The number of hydrogen-bond acceptors (Lipinski definition) is 8. The quantitative estimate of drug-likeness (QED) is 0.475. The Morgan fingerprint density at radius 3 is 2.60 bits per heavy atom. The molecular weight excluding hydrogens is 447 g/mol. The number of carbonyl (C=O) groups is 1. The lowest BCUT2D eigenvalue weighted by molar-refractivity contribution is 0.0940. The van der Waals surface area contributed by atoms with E-state index in [4.69, 9.17) is 5.73 Å². The van der Waals surface area contributed by atoms with Gasteiger partial charge in [0.2, 0.25) is 0 Å². The van der Waals surface area contributed by atoms with Gasteiger partial charge < -0.3 is 21.3 Å². The summed E-state index contributed by atoms with van der Waals surface area (Å²) in [6.07, 6.45) is 6.58. The molecule has 180 valence electrons. The van der Waals surface area contributed by atoms with Crippen LogP contribution in [0.15, 0.2) is 48.9 Å². The maximum absolute atomic E-state index is 13.2. The van der Waals surface area contributed by atoms with Gasteiger partial charge in [-0.1, -0.05) is 12.1 Å². The number of benzene rings is 1. The summed E-state index contributed by atoms with van der Waals surface area (Å²) in [5, 5.41) is 15.5. The summed E-state index contributed by atoms with van der Waals surface area (Å²) in [6.45, 7) is 4.15. The van der Waals surface area contributed by atoms with E-state index in [1.54, 1.807) is 24.5 Å². The second kappa shape index (κ2) is 10.8.